The summed E-state index contributed by atoms with van der Waals surface area (Å²) in [6.07, 6.45) is 4.50. The van der Waals surface area contributed by atoms with Crippen LogP contribution in [0, 0.1) is 0 Å². The Morgan fingerprint density at radius 1 is 1.33 bits per heavy atom. The summed E-state index contributed by atoms with van der Waals surface area (Å²) in [5.41, 5.74) is 0. The number of fused-ring (bicyclic) bond motifs is 1. The van der Waals surface area contributed by atoms with Crippen molar-refractivity contribution >= 4 is 0 Å². The van der Waals surface area contributed by atoms with Gasteiger partial charge in [0.2, 0.25) is 0 Å². The van der Waals surface area contributed by atoms with Crippen LogP contribution in [-0.2, 0) is 4.74 Å². The van der Waals surface area contributed by atoms with E-state index in [9.17, 15) is 0 Å². The van der Waals surface area contributed by atoms with Crippen LogP contribution >= 0.6 is 0 Å². The Morgan fingerprint density at radius 3 is 3.22 bits per heavy atom. The molecule has 1 saturated carbocycles. The Kier molecular flexibility index (Phi) is 1.44. The molecule has 1 aliphatic carbocycles. The number of nitrogens with one attached hydrogen (secondary N) is 1. The first-order chi connectivity index (χ1) is 4.47. The molecular formula is C7H13NO. The monoisotopic (exact) mass is 127 g/mol. The van der Waals surface area contributed by atoms with Gasteiger partial charge >= 0.3 is 0 Å². The Labute approximate surface area is 55.6 Å². The molecule has 9 heavy (non-hydrogen) atoms. The third kappa shape index (κ3) is 0.970. The van der Waals surface area contributed by atoms with Gasteiger partial charge in [0.05, 0.1) is 12.7 Å². The fraction of sp³-hybridized carbons (Fsp3) is 1.00. The standard InChI is InChI=1S/C7H13NO/c1-2-6-7(3-1)9-5-4-8-6/h6-8H,1-5H2/t6-,7+/m0/s1. The summed E-state index contributed by atoms with van der Waals surface area (Å²) in [6.45, 7) is 1.97. The Balaban J connectivity index is 1.97. The van der Waals surface area contributed by atoms with Gasteiger partial charge in [-0.05, 0) is 19.3 Å². The van der Waals surface area contributed by atoms with Crippen LogP contribution in [0.2, 0.25) is 0 Å². The van der Waals surface area contributed by atoms with E-state index in [4.69, 9.17) is 4.74 Å². The second-order valence-corrected chi connectivity index (χ2v) is 2.90. The van der Waals surface area contributed by atoms with Crippen LogP contribution in [0.5, 0.6) is 0 Å². The van der Waals surface area contributed by atoms with Crippen LogP contribution in [0.1, 0.15) is 19.3 Å². The van der Waals surface area contributed by atoms with Crippen molar-refractivity contribution in [1.82, 2.24) is 5.32 Å². The van der Waals surface area contributed by atoms with Crippen LogP contribution in [0.4, 0.5) is 0 Å². The minimum absolute atomic E-state index is 0.554. The Morgan fingerprint density at radius 2 is 2.33 bits per heavy atom. The van der Waals surface area contributed by atoms with Gasteiger partial charge in [0.15, 0.2) is 0 Å². The molecule has 2 atom stereocenters. The van der Waals surface area contributed by atoms with E-state index < -0.39 is 0 Å². The summed E-state index contributed by atoms with van der Waals surface area (Å²) >= 11 is 0. The summed E-state index contributed by atoms with van der Waals surface area (Å²) in [5, 5.41) is 3.46. The fourth-order valence-corrected chi connectivity index (χ4v) is 1.81. The highest BCUT2D eigenvalue weighted by atomic mass is 16.5. The van der Waals surface area contributed by atoms with Gasteiger partial charge in [-0.2, -0.15) is 0 Å². The minimum atomic E-state index is 0.554. The van der Waals surface area contributed by atoms with Crippen molar-refractivity contribution in [2.75, 3.05) is 13.2 Å². The highest BCUT2D eigenvalue weighted by Gasteiger charge is 2.29. The third-order valence-electron chi connectivity index (χ3n) is 2.29. The Bertz CT molecular complexity index is 93.1. The molecule has 52 valence electrons. The maximum atomic E-state index is 5.54. The second kappa shape index (κ2) is 2.27. The predicted octanol–water partition coefficient (Wildman–Crippen LogP) is 0.527. The fourth-order valence-electron chi connectivity index (χ4n) is 1.81. The lowest BCUT2D eigenvalue weighted by atomic mass is 10.2. The van der Waals surface area contributed by atoms with E-state index in [0.29, 0.717) is 12.1 Å². The first-order valence-electron chi connectivity index (χ1n) is 3.82. The van der Waals surface area contributed by atoms with Crippen molar-refractivity contribution in [3.05, 3.63) is 0 Å². The smallest absolute Gasteiger partial charge is 0.0728 e. The number of hydrogen-bond acceptors (Lipinski definition) is 2. The molecule has 1 N–H and O–H groups in total. The third-order valence-corrected chi connectivity index (χ3v) is 2.29. The number of ether oxygens (including phenoxy) is 1. The molecule has 1 aliphatic heterocycles. The quantitative estimate of drug-likeness (QED) is 0.512. The molecule has 0 aromatic heterocycles. The average Bonchev–Trinajstić information content (AvgIpc) is 2.33. The van der Waals surface area contributed by atoms with E-state index >= 15 is 0 Å². The summed E-state index contributed by atoms with van der Waals surface area (Å²) in [7, 11) is 0. The Hall–Kier alpha value is -0.0800. The molecule has 0 amide bonds. The normalized spacial score (nSPS) is 42.7. The number of rotatable bonds is 0. The largest absolute Gasteiger partial charge is 0.375 e. The van der Waals surface area contributed by atoms with Crippen molar-refractivity contribution in [3.8, 4) is 0 Å². The lowest BCUT2D eigenvalue weighted by Crippen LogP contribution is -2.44. The van der Waals surface area contributed by atoms with Gasteiger partial charge in [-0.25, -0.2) is 0 Å². The maximum absolute atomic E-state index is 5.54. The van der Waals surface area contributed by atoms with Crippen molar-refractivity contribution < 1.29 is 4.74 Å². The minimum Gasteiger partial charge on any atom is -0.375 e. The van der Waals surface area contributed by atoms with Gasteiger partial charge in [0, 0.05) is 12.6 Å². The highest BCUT2D eigenvalue weighted by molar-refractivity contribution is 4.86. The zero-order valence-electron chi connectivity index (χ0n) is 5.60. The van der Waals surface area contributed by atoms with E-state index in [2.05, 4.69) is 5.32 Å². The highest BCUT2D eigenvalue weighted by Crippen LogP contribution is 2.23. The zero-order chi connectivity index (χ0) is 6.10. The molecule has 2 nitrogen and oxygen atoms in total. The van der Waals surface area contributed by atoms with Gasteiger partial charge in [0.1, 0.15) is 0 Å². The molecule has 2 rings (SSSR count). The first kappa shape index (κ1) is 5.69. The summed E-state index contributed by atoms with van der Waals surface area (Å²) in [5.74, 6) is 0. The topological polar surface area (TPSA) is 21.3 Å². The summed E-state index contributed by atoms with van der Waals surface area (Å²) in [4.78, 5) is 0. The van der Waals surface area contributed by atoms with Gasteiger partial charge < -0.3 is 10.1 Å². The lowest BCUT2D eigenvalue weighted by molar-refractivity contribution is 0.0113. The van der Waals surface area contributed by atoms with Gasteiger partial charge in [-0.15, -0.1) is 0 Å². The molecule has 2 aliphatic rings. The molecule has 0 bridgehead atoms. The molecule has 0 aromatic rings. The van der Waals surface area contributed by atoms with Crippen LogP contribution < -0.4 is 5.32 Å². The van der Waals surface area contributed by atoms with Crippen molar-refractivity contribution in [3.63, 3.8) is 0 Å². The van der Waals surface area contributed by atoms with Crippen molar-refractivity contribution in [2.24, 2.45) is 0 Å². The molecular weight excluding hydrogens is 114 g/mol. The van der Waals surface area contributed by atoms with Crippen molar-refractivity contribution in [2.45, 2.75) is 31.4 Å². The lowest BCUT2D eigenvalue weighted by Gasteiger charge is -2.26. The molecule has 0 spiro atoms. The first-order valence-corrected chi connectivity index (χ1v) is 3.82. The number of hydrogen-bond donors (Lipinski definition) is 1. The van der Waals surface area contributed by atoms with Gasteiger partial charge in [0.25, 0.3) is 0 Å². The zero-order valence-corrected chi connectivity index (χ0v) is 5.60. The molecule has 1 heterocycles. The van der Waals surface area contributed by atoms with Crippen LogP contribution in [0.3, 0.4) is 0 Å². The molecule has 0 unspecified atom stereocenters. The summed E-state index contributed by atoms with van der Waals surface area (Å²) < 4.78 is 5.54. The van der Waals surface area contributed by atoms with Gasteiger partial charge in [-0.1, -0.05) is 0 Å². The van der Waals surface area contributed by atoms with Crippen LogP contribution in [-0.4, -0.2) is 25.3 Å². The molecule has 0 radical (unpaired) electrons. The SMILES string of the molecule is C1C[C@@H]2NCCO[C@@H]2C1. The summed E-state index contributed by atoms with van der Waals surface area (Å²) in [6, 6.07) is 0.693. The average molecular weight is 127 g/mol. The van der Waals surface area contributed by atoms with E-state index in [1.165, 1.54) is 19.3 Å². The van der Waals surface area contributed by atoms with E-state index in [1.807, 2.05) is 0 Å². The molecule has 2 fully saturated rings. The maximum Gasteiger partial charge on any atom is 0.0728 e. The predicted molar refractivity (Wildman–Crippen MR) is 35.4 cm³/mol. The number of morpholine rings is 1. The van der Waals surface area contributed by atoms with Crippen LogP contribution in [0.15, 0.2) is 0 Å². The van der Waals surface area contributed by atoms with Gasteiger partial charge in [-0.3, -0.25) is 0 Å². The van der Waals surface area contributed by atoms with E-state index in [0.717, 1.165) is 13.2 Å². The molecule has 1 saturated heterocycles. The molecule has 2 heteroatoms. The molecule has 0 aromatic carbocycles. The van der Waals surface area contributed by atoms with E-state index in [1.54, 1.807) is 0 Å². The van der Waals surface area contributed by atoms with Crippen LogP contribution in [0.25, 0.3) is 0 Å². The second-order valence-electron chi connectivity index (χ2n) is 2.90. The van der Waals surface area contributed by atoms with E-state index in [-0.39, 0.29) is 0 Å². The van der Waals surface area contributed by atoms with Crippen molar-refractivity contribution in [1.29, 1.82) is 0 Å².